The molecule has 0 atom stereocenters. The van der Waals surface area contributed by atoms with Gasteiger partial charge in [0.1, 0.15) is 17.6 Å². The summed E-state index contributed by atoms with van der Waals surface area (Å²) in [5, 5.41) is 0. The number of nitrogens with zero attached hydrogens (tertiary/aromatic N) is 2. The number of ether oxygens (including phenoxy) is 1. The molecule has 4 heteroatoms. The molecule has 1 aliphatic carbocycles. The third-order valence-electron chi connectivity index (χ3n) is 7.62. The summed E-state index contributed by atoms with van der Waals surface area (Å²) in [6.07, 6.45) is 12.0. The molecule has 1 aromatic carbocycles. The van der Waals surface area contributed by atoms with Crippen LogP contribution in [0.25, 0.3) is 0 Å². The molecule has 0 aromatic heterocycles. The van der Waals surface area contributed by atoms with Crippen LogP contribution in [-0.2, 0) is 11.2 Å². The summed E-state index contributed by atoms with van der Waals surface area (Å²) in [7, 11) is 0. The molecule has 2 saturated heterocycles. The van der Waals surface area contributed by atoms with Crippen molar-refractivity contribution in [2.75, 3.05) is 31.1 Å². The second kappa shape index (κ2) is 7.12. The van der Waals surface area contributed by atoms with Crippen molar-refractivity contribution < 1.29 is 9.53 Å². The number of likely N-dealkylation sites (tertiary alicyclic amines) is 1. The van der Waals surface area contributed by atoms with E-state index in [1.54, 1.807) is 0 Å². The number of carbonyl (C=O) groups is 1. The van der Waals surface area contributed by atoms with Gasteiger partial charge < -0.3 is 19.3 Å². The topological polar surface area (TPSA) is 32.8 Å². The molecular weight excluding hydrogens is 336 g/mol. The molecule has 1 aromatic rings. The van der Waals surface area contributed by atoms with Gasteiger partial charge in [0.2, 0.25) is 0 Å². The van der Waals surface area contributed by atoms with Crippen molar-refractivity contribution in [3.63, 3.8) is 0 Å². The first-order valence-electron chi connectivity index (χ1n) is 11.0. The monoisotopic (exact) mass is 368 g/mol. The predicted molar refractivity (Wildman–Crippen MR) is 108 cm³/mol. The lowest BCUT2D eigenvalue weighted by atomic mass is 9.81. The largest absolute Gasteiger partial charge is 0.487 e. The maximum absolute atomic E-state index is 11.0. The lowest BCUT2D eigenvalue weighted by Crippen LogP contribution is -2.53. The van der Waals surface area contributed by atoms with Crippen LogP contribution in [0.15, 0.2) is 18.2 Å². The van der Waals surface area contributed by atoms with E-state index in [1.807, 2.05) is 0 Å². The van der Waals surface area contributed by atoms with Gasteiger partial charge in [0.15, 0.2) is 0 Å². The fourth-order valence-electron chi connectivity index (χ4n) is 5.40. The minimum absolute atomic E-state index is 0.0804. The average Bonchev–Trinajstić information content (AvgIpc) is 2.68. The normalized spacial score (nSPS) is 26.3. The van der Waals surface area contributed by atoms with Gasteiger partial charge in [-0.15, -0.1) is 0 Å². The number of carbonyl (C=O) groups excluding carboxylic acids is 1. The summed E-state index contributed by atoms with van der Waals surface area (Å²) < 4.78 is 6.63. The summed E-state index contributed by atoms with van der Waals surface area (Å²) in [6.45, 7) is 4.40. The van der Waals surface area contributed by atoms with Gasteiger partial charge in [0.25, 0.3) is 0 Å². The van der Waals surface area contributed by atoms with E-state index in [2.05, 4.69) is 28.0 Å². The molecular formula is C23H32N2O2. The molecule has 27 heavy (non-hydrogen) atoms. The van der Waals surface area contributed by atoms with Crippen molar-refractivity contribution in [3.8, 4) is 5.75 Å². The smallest absolute Gasteiger partial charge is 0.123 e. The number of fused-ring (bicyclic) bond motifs is 1. The first-order chi connectivity index (χ1) is 13.2. The molecule has 0 amide bonds. The zero-order chi connectivity index (χ0) is 18.3. The standard InChI is InChI=1S/C23H32N2O2/c26-17-18-7-12-24(13-8-18)21-4-5-22-19(16-21)6-9-23(27-22)10-14-25(15-11-23)20-2-1-3-20/h4-5,16-18,20H,1-3,6-15H2. The first-order valence-corrected chi connectivity index (χ1v) is 11.0. The highest BCUT2D eigenvalue weighted by atomic mass is 16.5. The molecule has 3 heterocycles. The molecule has 0 N–H and O–H groups in total. The average molecular weight is 369 g/mol. The summed E-state index contributed by atoms with van der Waals surface area (Å²) in [6, 6.07) is 7.63. The minimum atomic E-state index is 0.0804. The maximum atomic E-state index is 11.0. The highest BCUT2D eigenvalue weighted by Crippen LogP contribution is 2.42. The Labute approximate surface area is 162 Å². The van der Waals surface area contributed by atoms with Gasteiger partial charge in [-0.1, -0.05) is 6.42 Å². The zero-order valence-corrected chi connectivity index (χ0v) is 16.4. The fraction of sp³-hybridized carbons (Fsp3) is 0.696. The van der Waals surface area contributed by atoms with E-state index in [-0.39, 0.29) is 11.5 Å². The Morgan fingerprint density at radius 1 is 1.00 bits per heavy atom. The van der Waals surface area contributed by atoms with Crippen LogP contribution in [0.3, 0.4) is 0 Å². The molecule has 0 bridgehead atoms. The Morgan fingerprint density at radius 3 is 2.44 bits per heavy atom. The van der Waals surface area contributed by atoms with Gasteiger partial charge in [-0.25, -0.2) is 0 Å². The fourth-order valence-corrected chi connectivity index (χ4v) is 5.40. The van der Waals surface area contributed by atoms with E-state index in [9.17, 15) is 4.79 Å². The van der Waals surface area contributed by atoms with Crippen LogP contribution in [0.5, 0.6) is 5.75 Å². The zero-order valence-electron chi connectivity index (χ0n) is 16.4. The summed E-state index contributed by atoms with van der Waals surface area (Å²) in [5.41, 5.74) is 2.76. The highest BCUT2D eigenvalue weighted by Gasteiger charge is 2.41. The second-order valence-corrected chi connectivity index (χ2v) is 9.16. The highest BCUT2D eigenvalue weighted by molar-refractivity contribution is 5.57. The van der Waals surface area contributed by atoms with Crippen molar-refractivity contribution in [1.82, 2.24) is 4.90 Å². The van der Waals surface area contributed by atoms with Crippen molar-refractivity contribution in [1.29, 1.82) is 0 Å². The lowest BCUT2D eigenvalue weighted by molar-refractivity contribution is -0.111. The Kier molecular flexibility index (Phi) is 4.63. The molecule has 1 spiro atoms. The van der Waals surface area contributed by atoms with E-state index in [4.69, 9.17) is 4.74 Å². The number of anilines is 1. The second-order valence-electron chi connectivity index (χ2n) is 9.16. The van der Waals surface area contributed by atoms with Gasteiger partial charge in [-0.3, -0.25) is 0 Å². The van der Waals surface area contributed by atoms with Gasteiger partial charge >= 0.3 is 0 Å². The number of aldehydes is 1. The van der Waals surface area contributed by atoms with Crippen LogP contribution in [0.2, 0.25) is 0 Å². The van der Waals surface area contributed by atoms with E-state index >= 15 is 0 Å². The number of hydrogen-bond acceptors (Lipinski definition) is 4. The molecule has 1 saturated carbocycles. The molecule has 5 rings (SSSR count). The molecule has 0 radical (unpaired) electrons. The lowest BCUT2D eigenvalue weighted by Gasteiger charge is -2.48. The third-order valence-corrected chi connectivity index (χ3v) is 7.62. The number of rotatable bonds is 3. The molecule has 4 aliphatic rings. The quantitative estimate of drug-likeness (QED) is 0.760. The van der Waals surface area contributed by atoms with Crippen LogP contribution >= 0.6 is 0 Å². The Morgan fingerprint density at radius 2 is 1.78 bits per heavy atom. The minimum Gasteiger partial charge on any atom is -0.487 e. The molecule has 0 unspecified atom stereocenters. The van der Waals surface area contributed by atoms with Crippen molar-refractivity contribution in [2.45, 2.75) is 69.4 Å². The number of hydrogen-bond donors (Lipinski definition) is 0. The van der Waals surface area contributed by atoms with E-state index < -0.39 is 0 Å². The Hall–Kier alpha value is -1.55. The van der Waals surface area contributed by atoms with Crippen LogP contribution in [0.4, 0.5) is 5.69 Å². The molecule has 4 nitrogen and oxygen atoms in total. The Bertz CT molecular complexity index is 684. The summed E-state index contributed by atoms with van der Waals surface area (Å²) in [5.74, 6) is 1.37. The van der Waals surface area contributed by atoms with E-state index in [1.165, 1.54) is 56.4 Å². The van der Waals surface area contributed by atoms with Crippen molar-refractivity contribution >= 4 is 12.0 Å². The van der Waals surface area contributed by atoms with E-state index in [0.717, 1.165) is 56.9 Å². The van der Waals surface area contributed by atoms with Crippen LogP contribution < -0.4 is 9.64 Å². The van der Waals surface area contributed by atoms with Crippen LogP contribution in [0, 0.1) is 5.92 Å². The van der Waals surface area contributed by atoms with Crippen LogP contribution in [0.1, 0.15) is 56.9 Å². The number of benzene rings is 1. The van der Waals surface area contributed by atoms with Gasteiger partial charge in [-0.05, 0) is 75.1 Å². The maximum Gasteiger partial charge on any atom is 0.123 e. The molecule has 3 fully saturated rings. The van der Waals surface area contributed by atoms with Crippen LogP contribution in [-0.4, -0.2) is 49.0 Å². The number of piperidine rings is 2. The third kappa shape index (κ3) is 3.37. The summed E-state index contributed by atoms with van der Waals surface area (Å²) in [4.78, 5) is 16.1. The molecule has 146 valence electrons. The van der Waals surface area contributed by atoms with E-state index in [0.29, 0.717) is 0 Å². The van der Waals surface area contributed by atoms with Crippen molar-refractivity contribution in [2.24, 2.45) is 5.92 Å². The number of aryl methyl sites for hydroxylation is 1. The van der Waals surface area contributed by atoms with Gasteiger partial charge in [-0.2, -0.15) is 0 Å². The Balaban J connectivity index is 1.24. The predicted octanol–water partition coefficient (Wildman–Crippen LogP) is 3.81. The molecule has 3 aliphatic heterocycles. The SMILES string of the molecule is O=CC1CCN(c2ccc3c(c2)CCC2(CCN(C4CCC4)CC2)O3)CC1. The van der Waals surface area contributed by atoms with Gasteiger partial charge in [0, 0.05) is 43.8 Å². The summed E-state index contributed by atoms with van der Waals surface area (Å²) >= 11 is 0. The van der Waals surface area contributed by atoms with Gasteiger partial charge in [0.05, 0.1) is 0 Å². The first kappa shape index (κ1) is 17.5. The van der Waals surface area contributed by atoms with Crippen molar-refractivity contribution in [3.05, 3.63) is 23.8 Å².